The number of hydrogen-bond acceptors (Lipinski definition) is 3. The summed E-state index contributed by atoms with van der Waals surface area (Å²) in [5.74, 6) is 0.452. The Bertz CT molecular complexity index is 1040. The molecule has 0 bridgehead atoms. The molecule has 26 heavy (non-hydrogen) atoms. The van der Waals surface area contributed by atoms with Crippen molar-refractivity contribution in [3.8, 4) is 17.0 Å². The maximum absolute atomic E-state index is 12.4. The number of imidazole rings is 1. The lowest BCUT2D eigenvalue weighted by Crippen LogP contribution is -2.10. The number of carbonyl (C=O) groups is 1. The Labute approximate surface area is 154 Å². The number of hydrogen-bond donors (Lipinski definition) is 1. The smallest absolute Gasteiger partial charge is 0.291 e. The summed E-state index contributed by atoms with van der Waals surface area (Å²) in [7, 11) is 0. The van der Waals surface area contributed by atoms with Gasteiger partial charge >= 0.3 is 0 Å². The number of rotatable bonds is 4. The first-order valence-electron chi connectivity index (χ1n) is 7.95. The summed E-state index contributed by atoms with van der Waals surface area (Å²) in [4.78, 5) is 16.4. The Morgan fingerprint density at radius 1 is 1.04 bits per heavy atom. The van der Waals surface area contributed by atoms with E-state index in [1.165, 1.54) is 0 Å². The van der Waals surface area contributed by atoms with Gasteiger partial charge in [-0.15, -0.1) is 0 Å². The normalized spacial score (nSPS) is 10.7. The first-order valence-corrected chi connectivity index (χ1v) is 8.33. The predicted molar refractivity (Wildman–Crippen MR) is 101 cm³/mol. The van der Waals surface area contributed by atoms with Crippen molar-refractivity contribution >= 4 is 23.2 Å². The molecule has 0 saturated carbocycles. The number of halogens is 1. The fourth-order valence-electron chi connectivity index (χ4n) is 2.59. The number of amides is 1. The van der Waals surface area contributed by atoms with Crippen molar-refractivity contribution in [3.63, 3.8) is 0 Å². The van der Waals surface area contributed by atoms with Crippen LogP contribution in [-0.2, 0) is 0 Å². The summed E-state index contributed by atoms with van der Waals surface area (Å²) < 4.78 is 7.54. The van der Waals surface area contributed by atoms with Crippen LogP contribution < -0.4 is 5.32 Å². The van der Waals surface area contributed by atoms with Crippen molar-refractivity contribution in [1.29, 1.82) is 0 Å². The molecule has 6 heteroatoms. The van der Waals surface area contributed by atoms with Crippen LogP contribution in [0.3, 0.4) is 0 Å². The Morgan fingerprint density at radius 3 is 2.58 bits per heavy atom. The lowest BCUT2D eigenvalue weighted by molar-refractivity contribution is 0.0997. The van der Waals surface area contributed by atoms with E-state index >= 15 is 0 Å². The van der Waals surface area contributed by atoms with Crippen molar-refractivity contribution in [3.05, 3.63) is 90.2 Å². The van der Waals surface area contributed by atoms with Crippen LogP contribution in [0.15, 0.2) is 83.8 Å². The predicted octanol–water partition coefficient (Wildman–Crippen LogP) is 5.04. The molecular weight excluding hydrogens is 350 g/mol. The summed E-state index contributed by atoms with van der Waals surface area (Å²) in [5.41, 5.74) is 2.38. The molecule has 2 aromatic heterocycles. The number of carbonyl (C=O) groups excluding carboxylic acids is 1. The molecule has 5 nitrogen and oxygen atoms in total. The van der Waals surface area contributed by atoms with Crippen molar-refractivity contribution < 1.29 is 9.21 Å². The van der Waals surface area contributed by atoms with Gasteiger partial charge in [-0.25, -0.2) is 4.98 Å². The highest BCUT2D eigenvalue weighted by atomic mass is 35.5. The zero-order chi connectivity index (χ0) is 17.9. The van der Waals surface area contributed by atoms with Gasteiger partial charge in [-0.2, -0.15) is 0 Å². The van der Waals surface area contributed by atoms with E-state index in [1.807, 2.05) is 53.2 Å². The van der Waals surface area contributed by atoms with Gasteiger partial charge in [0.2, 0.25) is 0 Å². The van der Waals surface area contributed by atoms with Crippen LogP contribution in [0.2, 0.25) is 5.02 Å². The fraction of sp³-hybridized carbons (Fsp3) is 0. The second-order valence-corrected chi connectivity index (χ2v) is 6.02. The van der Waals surface area contributed by atoms with Gasteiger partial charge < -0.3 is 14.3 Å². The van der Waals surface area contributed by atoms with E-state index in [0.717, 1.165) is 11.3 Å². The number of aromatic nitrogens is 2. The Hall–Kier alpha value is -3.31. The third-order valence-electron chi connectivity index (χ3n) is 3.90. The number of nitrogens with zero attached hydrogens (tertiary/aromatic N) is 2. The Morgan fingerprint density at radius 2 is 1.85 bits per heavy atom. The molecule has 0 unspecified atom stereocenters. The molecule has 0 aliphatic heterocycles. The molecule has 0 saturated heterocycles. The molecule has 0 spiro atoms. The van der Waals surface area contributed by atoms with Gasteiger partial charge in [-0.05, 0) is 48.5 Å². The molecule has 1 N–H and O–H groups in total. The highest BCUT2D eigenvalue weighted by Crippen LogP contribution is 2.29. The molecule has 0 fully saturated rings. The minimum absolute atomic E-state index is 0.221. The van der Waals surface area contributed by atoms with Gasteiger partial charge in [0, 0.05) is 29.3 Å². The van der Waals surface area contributed by atoms with E-state index in [9.17, 15) is 4.79 Å². The maximum atomic E-state index is 12.4. The van der Waals surface area contributed by atoms with Gasteiger partial charge in [0.05, 0.1) is 11.3 Å². The average molecular weight is 364 g/mol. The summed E-state index contributed by atoms with van der Waals surface area (Å²) in [6.07, 6.45) is 5.28. The fourth-order valence-corrected chi connectivity index (χ4v) is 2.82. The topological polar surface area (TPSA) is 60.1 Å². The SMILES string of the molecule is O=C(Nc1ccc(-n2ccnc2)cc1)c1ccc(-c2ccccc2Cl)o1. The van der Waals surface area contributed by atoms with E-state index in [1.54, 1.807) is 30.7 Å². The molecule has 0 aliphatic carbocycles. The van der Waals surface area contributed by atoms with Gasteiger partial charge in [-0.1, -0.05) is 23.7 Å². The Kier molecular flexibility index (Phi) is 4.29. The molecular formula is C20H14ClN3O2. The summed E-state index contributed by atoms with van der Waals surface area (Å²) in [6.45, 7) is 0. The third-order valence-corrected chi connectivity index (χ3v) is 4.23. The molecule has 0 aliphatic rings. The maximum Gasteiger partial charge on any atom is 0.291 e. The molecule has 2 aromatic carbocycles. The van der Waals surface area contributed by atoms with Crippen LogP contribution in [0.5, 0.6) is 0 Å². The van der Waals surface area contributed by atoms with E-state index in [0.29, 0.717) is 16.5 Å². The zero-order valence-electron chi connectivity index (χ0n) is 13.6. The number of furan rings is 1. The largest absolute Gasteiger partial charge is 0.451 e. The molecule has 1 amide bonds. The van der Waals surface area contributed by atoms with Gasteiger partial charge in [0.25, 0.3) is 5.91 Å². The summed E-state index contributed by atoms with van der Waals surface area (Å²) in [5, 5.41) is 3.39. The summed E-state index contributed by atoms with van der Waals surface area (Å²) in [6, 6.07) is 18.1. The molecule has 0 atom stereocenters. The van der Waals surface area contributed by atoms with E-state index in [-0.39, 0.29) is 11.7 Å². The zero-order valence-corrected chi connectivity index (χ0v) is 14.4. The minimum atomic E-state index is -0.321. The van der Waals surface area contributed by atoms with Gasteiger partial charge in [0.15, 0.2) is 5.76 Å². The second-order valence-electron chi connectivity index (χ2n) is 5.61. The second kappa shape index (κ2) is 6.90. The molecule has 4 rings (SSSR count). The van der Waals surface area contributed by atoms with Gasteiger partial charge in [-0.3, -0.25) is 4.79 Å². The third kappa shape index (κ3) is 3.25. The molecule has 128 valence electrons. The highest BCUT2D eigenvalue weighted by molar-refractivity contribution is 6.33. The number of benzene rings is 2. The van der Waals surface area contributed by atoms with E-state index < -0.39 is 0 Å². The van der Waals surface area contributed by atoms with E-state index in [4.69, 9.17) is 16.0 Å². The quantitative estimate of drug-likeness (QED) is 0.552. The monoisotopic (exact) mass is 363 g/mol. The summed E-state index contributed by atoms with van der Waals surface area (Å²) >= 11 is 6.17. The van der Waals surface area contributed by atoms with Crippen molar-refractivity contribution in [2.45, 2.75) is 0 Å². The minimum Gasteiger partial charge on any atom is -0.451 e. The first kappa shape index (κ1) is 16.2. The van der Waals surface area contributed by atoms with Crippen LogP contribution in [0.1, 0.15) is 10.6 Å². The lowest BCUT2D eigenvalue weighted by atomic mass is 10.2. The molecule has 0 radical (unpaired) electrons. The standard InChI is InChI=1S/C20H14ClN3O2/c21-17-4-2-1-3-16(17)18-9-10-19(26-18)20(25)23-14-5-7-15(8-6-14)24-12-11-22-13-24/h1-13H,(H,23,25). The first-order chi connectivity index (χ1) is 12.7. The Balaban J connectivity index is 1.49. The van der Waals surface area contributed by atoms with Crippen molar-refractivity contribution in [1.82, 2.24) is 9.55 Å². The van der Waals surface area contributed by atoms with Crippen LogP contribution >= 0.6 is 11.6 Å². The lowest BCUT2D eigenvalue weighted by Gasteiger charge is -2.06. The van der Waals surface area contributed by atoms with Crippen LogP contribution in [-0.4, -0.2) is 15.5 Å². The molecule has 4 aromatic rings. The highest BCUT2D eigenvalue weighted by Gasteiger charge is 2.14. The number of anilines is 1. The van der Waals surface area contributed by atoms with Crippen LogP contribution in [0.25, 0.3) is 17.0 Å². The van der Waals surface area contributed by atoms with Gasteiger partial charge in [0.1, 0.15) is 5.76 Å². The van der Waals surface area contributed by atoms with Crippen LogP contribution in [0.4, 0.5) is 5.69 Å². The van der Waals surface area contributed by atoms with Crippen molar-refractivity contribution in [2.24, 2.45) is 0 Å². The van der Waals surface area contributed by atoms with Crippen molar-refractivity contribution in [2.75, 3.05) is 5.32 Å². The van der Waals surface area contributed by atoms with Crippen LogP contribution in [0, 0.1) is 0 Å². The van der Waals surface area contributed by atoms with E-state index in [2.05, 4.69) is 10.3 Å². The average Bonchev–Trinajstić information content (AvgIpc) is 3.35. The molecule has 2 heterocycles. The number of nitrogens with one attached hydrogen (secondary N) is 1.